The van der Waals surface area contributed by atoms with Gasteiger partial charge in [0.2, 0.25) is 0 Å². The lowest BCUT2D eigenvalue weighted by Gasteiger charge is -2.23. The number of hydrogen-bond acceptors (Lipinski definition) is 2. The Morgan fingerprint density at radius 1 is 1.43 bits per heavy atom. The van der Waals surface area contributed by atoms with Gasteiger partial charge in [-0.1, -0.05) is 12.2 Å². The van der Waals surface area contributed by atoms with E-state index < -0.39 is 12.7 Å². The van der Waals surface area contributed by atoms with Crippen molar-refractivity contribution in [1.82, 2.24) is 4.90 Å². The second-order valence-electron chi connectivity index (χ2n) is 3.66. The Kier molecular flexibility index (Phi) is 3.89. The molecule has 1 aliphatic rings. The Bertz CT molecular complexity index is 211. The molecule has 1 aliphatic carbocycles. The molecule has 0 aliphatic heterocycles. The van der Waals surface area contributed by atoms with Crippen LogP contribution in [0.1, 0.15) is 12.8 Å². The molecule has 1 nitrogen and oxygen atoms in total. The fraction of sp³-hybridized carbons (Fsp3) is 0.778. The van der Waals surface area contributed by atoms with Crippen molar-refractivity contribution in [1.29, 1.82) is 0 Å². The van der Waals surface area contributed by atoms with Crippen molar-refractivity contribution in [3.05, 3.63) is 12.2 Å². The molecular weight excluding hydrogens is 211 g/mol. The average molecular weight is 225 g/mol. The van der Waals surface area contributed by atoms with Gasteiger partial charge in [-0.2, -0.15) is 25.8 Å². The van der Waals surface area contributed by atoms with Gasteiger partial charge in [0.25, 0.3) is 0 Å². The maximum Gasteiger partial charge on any atom is 0.401 e. The summed E-state index contributed by atoms with van der Waals surface area (Å²) in [6, 6.07) is 0.105. The van der Waals surface area contributed by atoms with Crippen LogP contribution in [0, 0.1) is 0 Å². The highest BCUT2D eigenvalue weighted by Gasteiger charge is 2.37. The minimum atomic E-state index is -4.11. The summed E-state index contributed by atoms with van der Waals surface area (Å²) in [5.41, 5.74) is 0.740. The molecule has 0 heterocycles. The minimum absolute atomic E-state index is 0.105. The molecule has 0 saturated heterocycles. The second-order valence-corrected chi connectivity index (χ2v) is 3.98. The molecule has 5 heteroatoms. The normalized spacial score (nSPS) is 17.5. The van der Waals surface area contributed by atoms with E-state index >= 15 is 0 Å². The molecule has 1 rings (SSSR count). The SMILES string of the molecule is C=C(CS)CN(CC(F)(F)F)C1CC1. The molecule has 0 amide bonds. The summed E-state index contributed by atoms with van der Waals surface area (Å²) in [7, 11) is 0. The first kappa shape index (κ1) is 11.9. The van der Waals surface area contributed by atoms with Gasteiger partial charge < -0.3 is 0 Å². The van der Waals surface area contributed by atoms with Gasteiger partial charge in [-0.15, -0.1) is 0 Å². The lowest BCUT2D eigenvalue weighted by molar-refractivity contribution is -0.146. The maximum absolute atomic E-state index is 12.2. The molecule has 0 aromatic heterocycles. The van der Waals surface area contributed by atoms with Crippen LogP contribution < -0.4 is 0 Å². The van der Waals surface area contributed by atoms with E-state index in [4.69, 9.17) is 0 Å². The van der Waals surface area contributed by atoms with Crippen molar-refractivity contribution in [2.45, 2.75) is 25.1 Å². The zero-order valence-corrected chi connectivity index (χ0v) is 8.74. The number of hydrogen-bond donors (Lipinski definition) is 1. The second kappa shape index (κ2) is 4.57. The molecule has 0 atom stereocenters. The van der Waals surface area contributed by atoms with Gasteiger partial charge in [-0.3, -0.25) is 4.90 Å². The summed E-state index contributed by atoms with van der Waals surface area (Å²) in [5.74, 6) is 0.446. The highest BCUT2D eigenvalue weighted by atomic mass is 32.1. The number of alkyl halides is 3. The molecule has 0 radical (unpaired) electrons. The number of nitrogens with zero attached hydrogens (tertiary/aromatic N) is 1. The Labute approximate surface area is 87.4 Å². The molecule has 1 saturated carbocycles. The summed E-state index contributed by atoms with van der Waals surface area (Å²) in [6.45, 7) is 3.15. The van der Waals surface area contributed by atoms with Crippen molar-refractivity contribution < 1.29 is 13.2 Å². The Morgan fingerprint density at radius 3 is 2.36 bits per heavy atom. The van der Waals surface area contributed by atoms with Crippen LogP contribution in [-0.4, -0.2) is 36.0 Å². The summed E-state index contributed by atoms with van der Waals surface area (Å²) in [4.78, 5) is 1.44. The fourth-order valence-electron chi connectivity index (χ4n) is 1.32. The van der Waals surface area contributed by atoms with Crippen LogP contribution in [0.25, 0.3) is 0 Å². The third kappa shape index (κ3) is 4.37. The molecule has 0 aromatic carbocycles. The van der Waals surface area contributed by atoms with E-state index in [9.17, 15) is 13.2 Å². The topological polar surface area (TPSA) is 3.24 Å². The largest absolute Gasteiger partial charge is 0.401 e. The van der Waals surface area contributed by atoms with Crippen LogP contribution >= 0.6 is 12.6 Å². The third-order valence-electron chi connectivity index (χ3n) is 2.10. The quantitative estimate of drug-likeness (QED) is 0.556. The zero-order chi connectivity index (χ0) is 10.8. The van der Waals surface area contributed by atoms with Crippen molar-refractivity contribution in [3.8, 4) is 0 Å². The first-order valence-electron chi connectivity index (χ1n) is 4.50. The monoisotopic (exact) mass is 225 g/mol. The third-order valence-corrected chi connectivity index (χ3v) is 2.54. The van der Waals surface area contributed by atoms with E-state index in [1.165, 1.54) is 4.90 Å². The maximum atomic E-state index is 12.2. The van der Waals surface area contributed by atoms with Crippen LogP contribution in [0.3, 0.4) is 0 Å². The highest BCUT2D eigenvalue weighted by molar-refractivity contribution is 7.80. The number of halogens is 3. The Morgan fingerprint density at radius 2 is 2.00 bits per heavy atom. The van der Waals surface area contributed by atoms with Crippen LogP contribution in [0.2, 0.25) is 0 Å². The van der Waals surface area contributed by atoms with Crippen LogP contribution in [0.15, 0.2) is 12.2 Å². The summed E-state index contributed by atoms with van der Waals surface area (Å²) < 4.78 is 36.5. The van der Waals surface area contributed by atoms with Gasteiger partial charge >= 0.3 is 6.18 Å². The van der Waals surface area contributed by atoms with E-state index in [0.717, 1.165) is 18.4 Å². The molecule has 14 heavy (non-hydrogen) atoms. The molecule has 0 bridgehead atoms. The highest BCUT2D eigenvalue weighted by Crippen LogP contribution is 2.30. The van der Waals surface area contributed by atoms with E-state index in [2.05, 4.69) is 19.2 Å². The molecular formula is C9H14F3NS. The van der Waals surface area contributed by atoms with Gasteiger partial charge in [0.1, 0.15) is 0 Å². The van der Waals surface area contributed by atoms with E-state index in [0.29, 0.717) is 12.3 Å². The minimum Gasteiger partial charge on any atom is -0.288 e. The standard InChI is InChI=1S/C9H14F3NS/c1-7(5-14)4-13(8-2-3-8)6-9(10,11)12/h8,14H,1-6H2. The first-order chi connectivity index (χ1) is 6.42. The molecule has 0 aromatic rings. The van der Waals surface area contributed by atoms with E-state index in [-0.39, 0.29) is 6.04 Å². The predicted octanol–water partition coefficient (Wildman–Crippen LogP) is 2.50. The van der Waals surface area contributed by atoms with Crippen LogP contribution in [0.4, 0.5) is 13.2 Å². The van der Waals surface area contributed by atoms with Gasteiger partial charge in [-0.05, 0) is 12.8 Å². The lowest BCUT2D eigenvalue weighted by Crippen LogP contribution is -2.37. The van der Waals surface area contributed by atoms with Crippen LogP contribution in [0.5, 0.6) is 0 Å². The van der Waals surface area contributed by atoms with Crippen molar-refractivity contribution in [3.63, 3.8) is 0 Å². The van der Waals surface area contributed by atoms with Gasteiger partial charge in [0.05, 0.1) is 6.54 Å². The average Bonchev–Trinajstić information content (AvgIpc) is 2.82. The Hall–Kier alpha value is -0.160. The molecule has 1 fully saturated rings. The number of rotatable bonds is 5. The van der Waals surface area contributed by atoms with E-state index in [1.54, 1.807) is 0 Å². The fourth-order valence-corrected chi connectivity index (χ4v) is 1.42. The first-order valence-corrected chi connectivity index (χ1v) is 5.14. The molecule has 0 N–H and O–H groups in total. The lowest BCUT2D eigenvalue weighted by atomic mass is 10.3. The molecule has 0 unspecified atom stereocenters. The predicted molar refractivity (Wildman–Crippen MR) is 53.6 cm³/mol. The Balaban J connectivity index is 2.43. The smallest absolute Gasteiger partial charge is 0.288 e. The number of thiol groups is 1. The van der Waals surface area contributed by atoms with Gasteiger partial charge in [0.15, 0.2) is 0 Å². The van der Waals surface area contributed by atoms with Gasteiger partial charge in [0, 0.05) is 18.3 Å². The van der Waals surface area contributed by atoms with Crippen molar-refractivity contribution in [2.24, 2.45) is 0 Å². The summed E-state index contributed by atoms with van der Waals surface area (Å²) >= 11 is 3.98. The molecule has 0 spiro atoms. The van der Waals surface area contributed by atoms with Crippen molar-refractivity contribution >= 4 is 12.6 Å². The van der Waals surface area contributed by atoms with Crippen molar-refractivity contribution in [2.75, 3.05) is 18.8 Å². The summed E-state index contributed by atoms with van der Waals surface area (Å²) in [5, 5.41) is 0. The molecule has 82 valence electrons. The zero-order valence-electron chi connectivity index (χ0n) is 7.85. The summed E-state index contributed by atoms with van der Waals surface area (Å²) in [6.07, 6.45) is -2.37. The van der Waals surface area contributed by atoms with Crippen LogP contribution in [-0.2, 0) is 0 Å². The van der Waals surface area contributed by atoms with Gasteiger partial charge in [-0.25, -0.2) is 0 Å². The van der Waals surface area contributed by atoms with E-state index in [1.807, 2.05) is 0 Å².